The largest absolute Gasteiger partial charge is 0.495 e. The summed E-state index contributed by atoms with van der Waals surface area (Å²) >= 11 is 0. The van der Waals surface area contributed by atoms with Gasteiger partial charge in [-0.25, -0.2) is 4.98 Å². The Morgan fingerprint density at radius 3 is 2.43 bits per heavy atom. The molecule has 0 saturated heterocycles. The molecule has 0 atom stereocenters. The average molecular weight is 312 g/mol. The number of hydrogen-bond donors (Lipinski definition) is 2. The number of hydrogen-bond acceptors (Lipinski definition) is 6. The van der Waals surface area contributed by atoms with Gasteiger partial charge in [0.15, 0.2) is 11.6 Å². The fourth-order valence-electron chi connectivity index (χ4n) is 2.11. The van der Waals surface area contributed by atoms with E-state index in [1.807, 2.05) is 12.1 Å². The number of ether oxygens (including phenoxy) is 2. The van der Waals surface area contributed by atoms with Gasteiger partial charge in [0.25, 0.3) is 0 Å². The number of nitrogens with zero attached hydrogens (tertiary/aromatic N) is 2. The summed E-state index contributed by atoms with van der Waals surface area (Å²) in [7, 11) is 1.62. The van der Waals surface area contributed by atoms with Crippen LogP contribution in [0.1, 0.15) is 37.8 Å². The lowest BCUT2D eigenvalue weighted by molar-refractivity contribution is 0.409. The first kappa shape index (κ1) is 16.4. The van der Waals surface area contributed by atoms with Gasteiger partial charge in [0, 0.05) is 11.6 Å². The van der Waals surface area contributed by atoms with Crippen LogP contribution in [0.3, 0.4) is 0 Å². The zero-order valence-corrected chi connectivity index (χ0v) is 13.7. The maximum absolute atomic E-state index is 5.91. The van der Waals surface area contributed by atoms with Crippen LogP contribution in [-0.4, -0.2) is 17.1 Å². The molecule has 2 aromatic rings. The normalized spacial score (nSPS) is 10.1. The van der Waals surface area contributed by atoms with E-state index in [1.165, 1.54) is 6.20 Å². The Balaban J connectivity index is 2.54. The van der Waals surface area contributed by atoms with Crippen LogP contribution in [-0.2, 0) is 0 Å². The third kappa shape index (κ3) is 3.64. The first-order valence-corrected chi connectivity index (χ1v) is 7.16. The smallest absolute Gasteiger partial charge is 0.222 e. The summed E-state index contributed by atoms with van der Waals surface area (Å²) in [5, 5.41) is 0. The molecule has 0 fully saturated rings. The van der Waals surface area contributed by atoms with E-state index in [0.717, 1.165) is 11.1 Å². The summed E-state index contributed by atoms with van der Waals surface area (Å²) in [6.07, 6.45) is 1.46. The highest BCUT2D eigenvalue weighted by molar-refractivity contribution is 5.57. The number of methoxy groups -OCH3 is 1. The van der Waals surface area contributed by atoms with Gasteiger partial charge < -0.3 is 20.9 Å². The quantitative estimate of drug-likeness (QED) is 0.843. The molecule has 0 saturated carbocycles. The highest BCUT2D eigenvalue weighted by atomic mass is 16.5. The van der Waals surface area contributed by atoms with Crippen molar-refractivity contribution in [2.75, 3.05) is 18.6 Å². The zero-order valence-electron chi connectivity index (χ0n) is 13.7. The van der Waals surface area contributed by atoms with Crippen molar-refractivity contribution in [3.8, 4) is 29.1 Å². The van der Waals surface area contributed by atoms with E-state index in [2.05, 4.69) is 35.7 Å². The molecule has 120 valence electrons. The first-order valence-electron chi connectivity index (χ1n) is 7.16. The molecule has 1 aromatic heterocycles. The predicted molar refractivity (Wildman–Crippen MR) is 90.6 cm³/mol. The standard InChI is InChI=1S/C17H20N4O2/c1-5-6-11-7-14(12(10(2)3)8-13(11)22-4)23-15-9-20-17(19)21-16(15)18/h7-10H,1-4H3,(H4,18,19,20,21). The number of aromatic nitrogens is 2. The number of benzene rings is 1. The van der Waals surface area contributed by atoms with Gasteiger partial charge in [-0.3, -0.25) is 0 Å². The molecule has 0 aliphatic rings. The molecule has 1 heterocycles. The van der Waals surface area contributed by atoms with Crippen molar-refractivity contribution in [3.05, 3.63) is 29.5 Å². The lowest BCUT2D eigenvalue weighted by Gasteiger charge is -2.17. The maximum Gasteiger partial charge on any atom is 0.222 e. The zero-order chi connectivity index (χ0) is 17.0. The minimum Gasteiger partial charge on any atom is -0.495 e. The van der Waals surface area contributed by atoms with Crippen LogP contribution in [0, 0.1) is 11.8 Å². The van der Waals surface area contributed by atoms with Gasteiger partial charge in [0.2, 0.25) is 5.95 Å². The number of rotatable bonds is 4. The molecule has 4 N–H and O–H groups in total. The summed E-state index contributed by atoms with van der Waals surface area (Å²) in [6.45, 7) is 5.90. The van der Waals surface area contributed by atoms with E-state index in [4.69, 9.17) is 20.9 Å². The second kappa shape index (κ2) is 6.88. The predicted octanol–water partition coefficient (Wildman–Crippen LogP) is 2.94. The van der Waals surface area contributed by atoms with Gasteiger partial charge >= 0.3 is 0 Å². The monoisotopic (exact) mass is 312 g/mol. The summed E-state index contributed by atoms with van der Waals surface area (Å²) < 4.78 is 11.3. The lowest BCUT2D eigenvalue weighted by atomic mass is 9.99. The Kier molecular flexibility index (Phi) is 4.91. The molecule has 0 bridgehead atoms. The van der Waals surface area contributed by atoms with E-state index in [1.54, 1.807) is 14.0 Å². The molecule has 0 unspecified atom stereocenters. The third-order valence-electron chi connectivity index (χ3n) is 3.24. The maximum atomic E-state index is 5.91. The Labute approximate surface area is 135 Å². The molecule has 2 rings (SSSR count). The average Bonchev–Trinajstić information content (AvgIpc) is 2.50. The number of nitrogens with two attached hydrogens (primary N) is 2. The first-order chi connectivity index (χ1) is 11.0. The van der Waals surface area contributed by atoms with Crippen LogP contribution in [0.25, 0.3) is 0 Å². The van der Waals surface area contributed by atoms with Crippen molar-refractivity contribution in [2.45, 2.75) is 26.7 Å². The lowest BCUT2D eigenvalue weighted by Crippen LogP contribution is -2.03. The molecular weight excluding hydrogens is 292 g/mol. The summed E-state index contributed by atoms with van der Waals surface area (Å²) in [5.74, 6) is 8.07. The molecule has 0 amide bonds. The van der Waals surface area contributed by atoms with E-state index in [9.17, 15) is 0 Å². The van der Waals surface area contributed by atoms with Crippen molar-refractivity contribution >= 4 is 11.8 Å². The Morgan fingerprint density at radius 2 is 1.87 bits per heavy atom. The van der Waals surface area contributed by atoms with Crippen molar-refractivity contribution in [2.24, 2.45) is 0 Å². The van der Waals surface area contributed by atoms with Crippen LogP contribution in [0.4, 0.5) is 11.8 Å². The fourth-order valence-corrected chi connectivity index (χ4v) is 2.11. The van der Waals surface area contributed by atoms with Crippen LogP contribution >= 0.6 is 0 Å². The van der Waals surface area contributed by atoms with Crippen LogP contribution in [0.15, 0.2) is 18.3 Å². The van der Waals surface area contributed by atoms with Crippen molar-refractivity contribution in [1.29, 1.82) is 0 Å². The fraction of sp³-hybridized carbons (Fsp3) is 0.294. The minimum absolute atomic E-state index is 0.103. The van der Waals surface area contributed by atoms with Crippen molar-refractivity contribution < 1.29 is 9.47 Å². The SMILES string of the molecule is CC#Cc1cc(Oc2cnc(N)nc2N)c(C(C)C)cc1OC. The van der Waals surface area contributed by atoms with Crippen LogP contribution in [0.5, 0.6) is 17.2 Å². The van der Waals surface area contributed by atoms with Crippen LogP contribution < -0.4 is 20.9 Å². The molecule has 6 nitrogen and oxygen atoms in total. The van der Waals surface area contributed by atoms with Gasteiger partial charge in [-0.15, -0.1) is 5.92 Å². The summed E-state index contributed by atoms with van der Waals surface area (Å²) in [4.78, 5) is 7.82. The molecule has 0 spiro atoms. The van der Waals surface area contributed by atoms with Gasteiger partial charge in [0.05, 0.1) is 18.9 Å². The molecule has 1 aromatic carbocycles. The van der Waals surface area contributed by atoms with Crippen molar-refractivity contribution in [3.63, 3.8) is 0 Å². The van der Waals surface area contributed by atoms with Crippen molar-refractivity contribution in [1.82, 2.24) is 9.97 Å². The molecule has 6 heteroatoms. The second-order valence-corrected chi connectivity index (χ2v) is 5.20. The second-order valence-electron chi connectivity index (χ2n) is 5.20. The Morgan fingerprint density at radius 1 is 1.13 bits per heavy atom. The van der Waals surface area contributed by atoms with E-state index in [-0.39, 0.29) is 17.7 Å². The molecule has 0 radical (unpaired) electrons. The highest BCUT2D eigenvalue weighted by Gasteiger charge is 2.16. The molecule has 0 aliphatic heterocycles. The Hall–Kier alpha value is -2.94. The van der Waals surface area contributed by atoms with Gasteiger partial charge in [-0.2, -0.15) is 4.98 Å². The highest BCUT2D eigenvalue weighted by Crippen LogP contribution is 2.37. The Bertz CT molecular complexity index is 776. The number of anilines is 2. The third-order valence-corrected chi connectivity index (χ3v) is 3.24. The van der Waals surface area contributed by atoms with E-state index < -0.39 is 0 Å². The van der Waals surface area contributed by atoms with E-state index >= 15 is 0 Å². The molecular formula is C17H20N4O2. The van der Waals surface area contributed by atoms with Gasteiger partial charge in [-0.1, -0.05) is 19.8 Å². The molecule has 23 heavy (non-hydrogen) atoms. The van der Waals surface area contributed by atoms with E-state index in [0.29, 0.717) is 17.2 Å². The summed E-state index contributed by atoms with van der Waals surface area (Å²) in [6, 6.07) is 3.76. The van der Waals surface area contributed by atoms with Crippen LogP contribution in [0.2, 0.25) is 0 Å². The summed E-state index contributed by atoms with van der Waals surface area (Å²) in [5.41, 5.74) is 13.1. The van der Waals surface area contributed by atoms with Gasteiger partial charge in [-0.05, 0) is 18.9 Å². The number of nitrogen functional groups attached to an aromatic ring is 2. The minimum atomic E-state index is 0.103. The topological polar surface area (TPSA) is 96.3 Å². The molecule has 0 aliphatic carbocycles. The van der Waals surface area contributed by atoms with Gasteiger partial charge in [0.1, 0.15) is 11.5 Å².